The van der Waals surface area contributed by atoms with Crippen molar-refractivity contribution >= 4 is 23.8 Å². The largest absolute Gasteiger partial charge is 0.478 e. The first-order valence-electron chi connectivity index (χ1n) is 16.4. The van der Waals surface area contributed by atoms with E-state index in [-0.39, 0.29) is 35.9 Å². The van der Waals surface area contributed by atoms with Crippen LogP contribution >= 0.6 is 11.8 Å². The van der Waals surface area contributed by atoms with E-state index in [2.05, 4.69) is 10.6 Å². The highest BCUT2D eigenvalue weighted by Gasteiger charge is 2.51. The summed E-state index contributed by atoms with van der Waals surface area (Å²) < 4.78 is 13.0. The van der Waals surface area contributed by atoms with Gasteiger partial charge in [0.05, 0.1) is 24.4 Å². The Morgan fingerprint density at radius 3 is 2.00 bits per heavy atom. The summed E-state index contributed by atoms with van der Waals surface area (Å²) in [6, 6.07) is 22.7. The highest BCUT2D eigenvalue weighted by atomic mass is 32.2. The maximum atomic E-state index is 13.0. The van der Waals surface area contributed by atoms with Gasteiger partial charge in [0.1, 0.15) is 0 Å². The number of carbonyl (C=O) groups excluding carboxylic acids is 1. The van der Waals surface area contributed by atoms with Crippen molar-refractivity contribution in [2.75, 3.05) is 5.75 Å². The highest BCUT2D eigenvalue weighted by Crippen LogP contribution is 2.55. The van der Waals surface area contributed by atoms with Crippen molar-refractivity contribution in [1.29, 1.82) is 0 Å². The van der Waals surface area contributed by atoms with E-state index in [0.29, 0.717) is 18.7 Å². The molecule has 3 unspecified atom stereocenters. The van der Waals surface area contributed by atoms with Crippen LogP contribution in [-0.4, -0.2) is 39.6 Å². The molecule has 4 saturated carbocycles. The van der Waals surface area contributed by atoms with Gasteiger partial charge in [-0.15, -0.1) is 11.8 Å². The Labute approximate surface area is 274 Å². The van der Waals surface area contributed by atoms with Gasteiger partial charge < -0.3 is 30.3 Å². The number of benzene rings is 3. The smallest absolute Gasteiger partial charge is 0.335 e. The molecule has 4 N–H and O–H groups in total. The van der Waals surface area contributed by atoms with Gasteiger partial charge in [0.2, 0.25) is 0 Å². The van der Waals surface area contributed by atoms with E-state index in [1.165, 1.54) is 19.3 Å². The molecule has 5 fully saturated rings. The van der Waals surface area contributed by atoms with Crippen molar-refractivity contribution < 1.29 is 29.3 Å². The molecule has 1 heterocycles. The molecule has 3 atom stereocenters. The van der Waals surface area contributed by atoms with Crippen molar-refractivity contribution in [1.82, 2.24) is 10.6 Å². The number of hydrogen-bond acceptors (Lipinski definition) is 6. The average molecular weight is 643 g/mol. The van der Waals surface area contributed by atoms with E-state index in [1.807, 2.05) is 60.7 Å². The Bertz CT molecular complexity index is 1490. The number of ether oxygens (including phenoxy) is 2. The number of amides is 2. The van der Waals surface area contributed by atoms with Crippen LogP contribution in [0.25, 0.3) is 0 Å². The van der Waals surface area contributed by atoms with Gasteiger partial charge >= 0.3 is 12.0 Å². The van der Waals surface area contributed by atoms with Crippen LogP contribution in [0.3, 0.4) is 0 Å². The molecule has 4 aliphatic carbocycles. The van der Waals surface area contributed by atoms with Crippen LogP contribution < -0.4 is 10.6 Å². The average Bonchev–Trinajstić information content (AvgIpc) is 3.06. The fourth-order valence-corrected chi connectivity index (χ4v) is 9.35. The Balaban J connectivity index is 0.984. The third kappa shape index (κ3) is 7.13. The summed E-state index contributed by atoms with van der Waals surface area (Å²) in [5.74, 6) is 2.09. The zero-order valence-corrected chi connectivity index (χ0v) is 26.7. The fourth-order valence-electron chi connectivity index (χ4n) is 8.43. The number of carbonyl (C=O) groups is 2. The second-order valence-corrected chi connectivity index (χ2v) is 14.8. The second kappa shape index (κ2) is 13.4. The van der Waals surface area contributed by atoms with E-state index >= 15 is 0 Å². The van der Waals surface area contributed by atoms with Gasteiger partial charge in [0, 0.05) is 34.7 Å². The van der Waals surface area contributed by atoms with E-state index in [1.54, 1.807) is 23.9 Å². The van der Waals surface area contributed by atoms with Crippen LogP contribution in [0.5, 0.6) is 0 Å². The Kier molecular flexibility index (Phi) is 9.10. The third-order valence-electron chi connectivity index (χ3n) is 10.3. The Morgan fingerprint density at radius 1 is 0.783 bits per heavy atom. The molecule has 3 aromatic carbocycles. The monoisotopic (exact) mass is 642 g/mol. The highest BCUT2D eigenvalue weighted by molar-refractivity contribution is 7.99. The van der Waals surface area contributed by atoms with Gasteiger partial charge in [0.15, 0.2) is 6.29 Å². The molecule has 4 bridgehead atoms. The zero-order valence-electron chi connectivity index (χ0n) is 25.9. The molecule has 0 aromatic heterocycles. The van der Waals surface area contributed by atoms with Crippen molar-refractivity contribution in [3.63, 3.8) is 0 Å². The SMILES string of the molecule is O=C(NCc1ccc(C2OC(CSc3ccc(C(=O)O)cc3)CC(c3ccc(CO)cc3)O2)cc1)NC12CC3CC(CC(C3)C1)C2. The van der Waals surface area contributed by atoms with Crippen LogP contribution in [-0.2, 0) is 22.6 Å². The molecule has 0 radical (unpaired) electrons. The number of carboxylic acid groups (broad SMARTS) is 1. The summed E-state index contributed by atoms with van der Waals surface area (Å²) in [5, 5.41) is 25.2. The van der Waals surface area contributed by atoms with Crippen molar-refractivity contribution in [3.8, 4) is 0 Å². The lowest BCUT2D eigenvalue weighted by molar-refractivity contribution is -0.245. The maximum absolute atomic E-state index is 13.0. The fraction of sp³-hybridized carbons (Fsp3) is 0.459. The molecule has 8 nitrogen and oxygen atoms in total. The summed E-state index contributed by atoms with van der Waals surface area (Å²) in [7, 11) is 0. The molecule has 1 saturated heterocycles. The third-order valence-corrected chi connectivity index (χ3v) is 11.4. The summed E-state index contributed by atoms with van der Waals surface area (Å²) >= 11 is 1.63. The maximum Gasteiger partial charge on any atom is 0.335 e. The molecule has 2 amide bonds. The summed E-state index contributed by atoms with van der Waals surface area (Å²) in [6.45, 7) is 0.438. The number of carboxylic acids is 1. The van der Waals surface area contributed by atoms with Gasteiger partial charge in [-0.2, -0.15) is 0 Å². The van der Waals surface area contributed by atoms with Crippen LogP contribution in [0.15, 0.2) is 77.7 Å². The number of hydrogen-bond donors (Lipinski definition) is 4. The minimum atomic E-state index is -0.940. The topological polar surface area (TPSA) is 117 Å². The first kappa shape index (κ1) is 31.2. The minimum absolute atomic E-state index is 0.00986. The van der Waals surface area contributed by atoms with E-state index in [9.17, 15) is 19.8 Å². The Morgan fingerprint density at radius 2 is 1.39 bits per heavy atom. The first-order chi connectivity index (χ1) is 22.3. The predicted molar refractivity (Wildman–Crippen MR) is 175 cm³/mol. The predicted octanol–water partition coefficient (Wildman–Crippen LogP) is 6.98. The molecule has 5 aliphatic rings. The number of aliphatic hydroxyl groups is 1. The normalized spacial score (nSPS) is 29.8. The lowest BCUT2D eigenvalue weighted by Gasteiger charge is -2.56. The number of nitrogens with one attached hydrogen (secondary N) is 2. The second-order valence-electron chi connectivity index (χ2n) is 13.7. The van der Waals surface area contributed by atoms with Crippen LogP contribution in [0, 0.1) is 17.8 Å². The van der Waals surface area contributed by atoms with Gasteiger partial charge in [-0.25, -0.2) is 9.59 Å². The van der Waals surface area contributed by atoms with Crippen LogP contribution in [0.2, 0.25) is 0 Å². The number of urea groups is 1. The molecule has 46 heavy (non-hydrogen) atoms. The quantitative estimate of drug-likeness (QED) is 0.176. The number of aliphatic hydroxyl groups excluding tert-OH is 1. The van der Waals surface area contributed by atoms with E-state index < -0.39 is 12.3 Å². The molecule has 242 valence electrons. The summed E-state index contributed by atoms with van der Waals surface area (Å²) in [4.78, 5) is 25.2. The lowest BCUT2D eigenvalue weighted by atomic mass is 9.53. The van der Waals surface area contributed by atoms with Gasteiger partial charge in [-0.05, 0) is 97.2 Å². The van der Waals surface area contributed by atoms with Crippen molar-refractivity contribution in [2.24, 2.45) is 17.8 Å². The zero-order chi connectivity index (χ0) is 31.7. The van der Waals surface area contributed by atoms with E-state index in [0.717, 1.165) is 64.2 Å². The van der Waals surface area contributed by atoms with Crippen LogP contribution in [0.4, 0.5) is 4.79 Å². The van der Waals surface area contributed by atoms with Crippen molar-refractivity contribution in [3.05, 3.63) is 101 Å². The molecule has 9 heteroatoms. The number of rotatable bonds is 10. The van der Waals surface area contributed by atoms with Gasteiger partial charge in [-0.3, -0.25) is 0 Å². The first-order valence-corrected chi connectivity index (χ1v) is 17.4. The molecule has 1 aliphatic heterocycles. The summed E-state index contributed by atoms with van der Waals surface area (Å²) in [5.41, 5.74) is 4.04. The molecule has 8 rings (SSSR count). The molecular weight excluding hydrogens is 600 g/mol. The van der Waals surface area contributed by atoms with Gasteiger partial charge in [0.25, 0.3) is 0 Å². The van der Waals surface area contributed by atoms with Crippen molar-refractivity contribution in [2.45, 2.75) is 87.0 Å². The molecular formula is C37H42N2O6S. The number of thioether (sulfide) groups is 1. The van der Waals surface area contributed by atoms with Gasteiger partial charge in [-0.1, -0.05) is 48.5 Å². The summed E-state index contributed by atoms with van der Waals surface area (Å²) in [6.07, 6.45) is 7.23. The Hall–Kier alpha value is -3.37. The minimum Gasteiger partial charge on any atom is -0.478 e. The molecule has 0 spiro atoms. The number of aromatic carboxylic acids is 1. The molecule has 3 aromatic rings. The lowest BCUT2D eigenvalue weighted by Crippen LogP contribution is -2.61. The van der Waals surface area contributed by atoms with Crippen LogP contribution in [0.1, 0.15) is 90.0 Å². The van der Waals surface area contributed by atoms with E-state index in [4.69, 9.17) is 9.47 Å². The standard InChI is InChI=1S/C37H42N2O6S/c40-21-24-3-5-28(6-4-24)33-16-31(22-46-32-11-9-29(10-12-32)34(41)42)44-35(45-33)30-7-1-23(2-8-30)20-38-36(43)39-37-17-25-13-26(18-37)15-27(14-25)19-37/h1-12,25-27,31,33,35,40H,13-22H2,(H,41,42)(H2,38,39,43).